The van der Waals surface area contributed by atoms with E-state index in [9.17, 15) is 18.5 Å². The highest BCUT2D eigenvalue weighted by atomic mass is 35.5. The fraction of sp³-hybridized carbons (Fsp3) is 0.100. The maximum atomic E-state index is 12.1. The normalized spacial score (nSPS) is 11.3. The van der Waals surface area contributed by atoms with E-state index in [1.807, 2.05) is 0 Å². The molecule has 0 bridgehead atoms. The second kappa shape index (κ2) is 5.10. The summed E-state index contributed by atoms with van der Waals surface area (Å²) in [6.07, 6.45) is 1.12. The molecule has 0 radical (unpaired) electrons. The zero-order valence-corrected chi connectivity index (χ0v) is 11.7. The molecule has 0 unspecified atom stereocenters. The van der Waals surface area contributed by atoms with Crippen LogP contribution in [0.5, 0.6) is 0 Å². The summed E-state index contributed by atoms with van der Waals surface area (Å²) >= 11 is 5.72. The van der Waals surface area contributed by atoms with Crippen LogP contribution >= 0.6 is 11.6 Å². The van der Waals surface area contributed by atoms with Gasteiger partial charge in [0, 0.05) is 11.1 Å². The number of nitro groups is 1. The van der Waals surface area contributed by atoms with Gasteiger partial charge in [0.1, 0.15) is 11.5 Å². The molecule has 2 N–H and O–H groups in total. The molecule has 0 saturated heterocycles. The van der Waals surface area contributed by atoms with Crippen molar-refractivity contribution in [1.29, 1.82) is 0 Å². The van der Waals surface area contributed by atoms with Crippen molar-refractivity contribution in [2.75, 3.05) is 4.72 Å². The van der Waals surface area contributed by atoms with Crippen molar-refractivity contribution >= 4 is 33.0 Å². The number of nitro benzene ring substituents is 1. The van der Waals surface area contributed by atoms with Gasteiger partial charge < -0.3 is 4.98 Å². The standard InChI is InChI=1S/C10H9ClN4O4S/c1-6-12-5-10(13-6)20(18,19)14-8-4-7(11)2-3-9(8)15(16)17/h2-5,14H,1H3,(H,12,13). The Labute approximate surface area is 119 Å². The van der Waals surface area contributed by atoms with Gasteiger partial charge in [-0.15, -0.1) is 0 Å². The van der Waals surface area contributed by atoms with Gasteiger partial charge in [-0.05, 0) is 19.1 Å². The summed E-state index contributed by atoms with van der Waals surface area (Å²) in [7, 11) is -4.00. The molecule has 0 saturated carbocycles. The molecule has 1 aromatic carbocycles. The third-order valence-electron chi connectivity index (χ3n) is 2.37. The average molecular weight is 317 g/mol. The fourth-order valence-electron chi connectivity index (χ4n) is 1.48. The number of H-pyrrole nitrogens is 1. The smallest absolute Gasteiger partial charge is 0.293 e. The third kappa shape index (κ3) is 2.89. The molecule has 0 spiro atoms. The van der Waals surface area contributed by atoms with E-state index in [1.165, 1.54) is 12.1 Å². The number of hydrogen-bond acceptors (Lipinski definition) is 5. The van der Waals surface area contributed by atoms with Gasteiger partial charge in [0.05, 0.1) is 11.1 Å². The topological polar surface area (TPSA) is 118 Å². The molecule has 8 nitrogen and oxygen atoms in total. The number of sulfonamides is 1. The SMILES string of the molecule is Cc1ncc(S(=O)(=O)Nc2cc(Cl)ccc2[N+](=O)[O-])[nH]1. The lowest BCUT2D eigenvalue weighted by molar-refractivity contribution is -0.383. The zero-order chi connectivity index (χ0) is 14.9. The molecule has 0 aliphatic heterocycles. The monoisotopic (exact) mass is 316 g/mol. The van der Waals surface area contributed by atoms with Crippen molar-refractivity contribution < 1.29 is 13.3 Å². The maximum absolute atomic E-state index is 12.1. The molecular weight excluding hydrogens is 308 g/mol. The lowest BCUT2D eigenvalue weighted by Crippen LogP contribution is -2.14. The number of rotatable bonds is 4. The predicted octanol–water partition coefficient (Wildman–Crippen LogP) is 2.08. The van der Waals surface area contributed by atoms with E-state index in [4.69, 9.17) is 11.6 Å². The molecule has 10 heteroatoms. The summed E-state index contributed by atoms with van der Waals surface area (Å²) in [5.74, 6) is 0.408. The zero-order valence-electron chi connectivity index (χ0n) is 10.1. The van der Waals surface area contributed by atoms with Crippen molar-refractivity contribution in [1.82, 2.24) is 9.97 Å². The van der Waals surface area contributed by atoms with Gasteiger partial charge in [0.15, 0.2) is 5.03 Å². The Hall–Kier alpha value is -2.13. The van der Waals surface area contributed by atoms with Gasteiger partial charge >= 0.3 is 0 Å². The van der Waals surface area contributed by atoms with Crippen molar-refractivity contribution in [3.63, 3.8) is 0 Å². The maximum Gasteiger partial charge on any atom is 0.293 e. The Bertz CT molecular complexity index is 771. The lowest BCUT2D eigenvalue weighted by atomic mass is 10.3. The van der Waals surface area contributed by atoms with E-state index >= 15 is 0 Å². The van der Waals surface area contributed by atoms with Gasteiger partial charge in [0.2, 0.25) is 0 Å². The Morgan fingerprint density at radius 2 is 2.15 bits per heavy atom. The molecule has 0 aliphatic rings. The second-order valence-electron chi connectivity index (χ2n) is 3.86. The molecule has 0 fully saturated rings. The van der Waals surface area contributed by atoms with Gasteiger partial charge in [-0.1, -0.05) is 11.6 Å². The minimum atomic E-state index is -4.00. The number of anilines is 1. The number of nitrogens with zero attached hydrogens (tertiary/aromatic N) is 2. The molecule has 106 valence electrons. The lowest BCUT2D eigenvalue weighted by Gasteiger charge is -2.07. The number of aryl methyl sites for hydroxylation is 1. The first-order valence-corrected chi connectivity index (χ1v) is 7.14. The first-order valence-electron chi connectivity index (χ1n) is 5.28. The number of nitrogens with one attached hydrogen (secondary N) is 2. The summed E-state index contributed by atoms with van der Waals surface area (Å²) < 4.78 is 26.2. The van der Waals surface area contributed by atoms with Crippen LogP contribution in [0.2, 0.25) is 5.02 Å². The molecule has 2 rings (SSSR count). The highest BCUT2D eigenvalue weighted by molar-refractivity contribution is 7.92. The summed E-state index contributed by atoms with van der Waals surface area (Å²) in [4.78, 5) is 16.5. The largest absolute Gasteiger partial charge is 0.332 e. The Balaban J connectivity index is 2.44. The van der Waals surface area contributed by atoms with Gasteiger partial charge in [-0.25, -0.2) is 4.98 Å². The summed E-state index contributed by atoms with van der Waals surface area (Å²) in [6.45, 7) is 1.58. The summed E-state index contributed by atoms with van der Waals surface area (Å²) in [6, 6.07) is 3.59. The Kier molecular flexibility index (Phi) is 3.64. The molecule has 0 amide bonds. The van der Waals surface area contributed by atoms with Crippen molar-refractivity contribution in [3.8, 4) is 0 Å². The quantitative estimate of drug-likeness (QED) is 0.661. The van der Waals surface area contributed by atoms with Crippen LogP contribution in [0, 0.1) is 17.0 Å². The molecule has 1 aromatic heterocycles. The van der Waals surface area contributed by atoms with E-state index < -0.39 is 20.6 Å². The number of benzene rings is 1. The van der Waals surface area contributed by atoms with Crippen LogP contribution in [-0.2, 0) is 10.0 Å². The third-order valence-corrected chi connectivity index (χ3v) is 3.88. The van der Waals surface area contributed by atoms with Crippen LogP contribution in [0.15, 0.2) is 29.4 Å². The average Bonchev–Trinajstić information content (AvgIpc) is 2.75. The summed E-state index contributed by atoms with van der Waals surface area (Å²) in [5, 5.41) is 10.9. The number of aromatic amines is 1. The first-order chi connectivity index (χ1) is 9.29. The first kappa shape index (κ1) is 14.3. The molecule has 2 aromatic rings. The minimum Gasteiger partial charge on any atom is -0.332 e. The molecule has 1 heterocycles. The molecular formula is C10H9ClN4O4S. The number of aromatic nitrogens is 2. The molecule has 20 heavy (non-hydrogen) atoms. The Morgan fingerprint density at radius 1 is 1.45 bits per heavy atom. The van der Waals surface area contributed by atoms with Crippen molar-refractivity contribution in [2.45, 2.75) is 11.9 Å². The predicted molar refractivity (Wildman–Crippen MR) is 72.2 cm³/mol. The number of halogens is 1. The van der Waals surface area contributed by atoms with Crippen LogP contribution in [0.4, 0.5) is 11.4 Å². The number of hydrogen-bond donors (Lipinski definition) is 2. The summed E-state index contributed by atoms with van der Waals surface area (Å²) in [5.41, 5.74) is -0.607. The molecule has 0 aliphatic carbocycles. The number of imidazole rings is 1. The Morgan fingerprint density at radius 3 is 2.70 bits per heavy atom. The van der Waals surface area contributed by atoms with Gasteiger partial charge in [0.25, 0.3) is 15.7 Å². The van der Waals surface area contributed by atoms with E-state index in [2.05, 4.69) is 14.7 Å². The van der Waals surface area contributed by atoms with Crippen molar-refractivity contribution in [3.05, 3.63) is 45.4 Å². The van der Waals surface area contributed by atoms with E-state index in [-0.39, 0.29) is 15.7 Å². The van der Waals surface area contributed by atoms with E-state index in [0.717, 1.165) is 12.3 Å². The van der Waals surface area contributed by atoms with Crippen LogP contribution in [0.1, 0.15) is 5.82 Å². The van der Waals surface area contributed by atoms with E-state index in [1.54, 1.807) is 6.92 Å². The van der Waals surface area contributed by atoms with Gasteiger partial charge in [-0.3, -0.25) is 14.8 Å². The van der Waals surface area contributed by atoms with Crippen LogP contribution < -0.4 is 4.72 Å². The second-order valence-corrected chi connectivity index (χ2v) is 5.94. The van der Waals surface area contributed by atoms with Crippen LogP contribution in [0.3, 0.4) is 0 Å². The highest BCUT2D eigenvalue weighted by Crippen LogP contribution is 2.29. The van der Waals surface area contributed by atoms with E-state index in [0.29, 0.717) is 5.82 Å². The molecule has 0 atom stereocenters. The van der Waals surface area contributed by atoms with Crippen LogP contribution in [0.25, 0.3) is 0 Å². The highest BCUT2D eigenvalue weighted by Gasteiger charge is 2.22. The van der Waals surface area contributed by atoms with Crippen molar-refractivity contribution in [2.24, 2.45) is 0 Å². The van der Waals surface area contributed by atoms with Crippen LogP contribution in [-0.4, -0.2) is 23.3 Å². The minimum absolute atomic E-state index is 0.175. The fourth-order valence-corrected chi connectivity index (χ4v) is 2.69. The van der Waals surface area contributed by atoms with Gasteiger partial charge in [-0.2, -0.15) is 8.42 Å².